The van der Waals surface area contributed by atoms with Crippen LogP contribution in [-0.4, -0.2) is 70.4 Å². The second-order valence-corrected chi connectivity index (χ2v) is 17.3. The van der Waals surface area contributed by atoms with Crippen LogP contribution >= 0.6 is 0 Å². The van der Waals surface area contributed by atoms with Gasteiger partial charge >= 0.3 is 0 Å². The number of nitrogens with zero attached hydrogens (tertiary/aromatic N) is 4. The number of rotatable bonds is 8. The molecular weight excluding hydrogens is 456 g/mol. The summed E-state index contributed by atoms with van der Waals surface area (Å²) in [4.78, 5) is 7.00. The maximum atomic E-state index is 12.2. The largest absolute Gasteiger partial charge is 0.378 e. The van der Waals surface area contributed by atoms with Crippen molar-refractivity contribution in [3.63, 3.8) is 0 Å². The van der Waals surface area contributed by atoms with E-state index in [1.165, 1.54) is 6.26 Å². The van der Waals surface area contributed by atoms with Crippen LogP contribution in [0.2, 0.25) is 25.7 Å². The van der Waals surface area contributed by atoms with Gasteiger partial charge in [-0.2, -0.15) is 5.10 Å². The highest BCUT2D eigenvalue weighted by atomic mass is 32.2. The molecule has 0 radical (unpaired) electrons. The number of hydrogen-bond acceptors (Lipinski definition) is 7. The summed E-state index contributed by atoms with van der Waals surface area (Å²) < 4.78 is 37.7. The molecule has 33 heavy (non-hydrogen) atoms. The van der Waals surface area contributed by atoms with Crippen molar-refractivity contribution in [3.8, 4) is 11.3 Å². The zero-order valence-electron chi connectivity index (χ0n) is 19.7. The van der Waals surface area contributed by atoms with Crippen molar-refractivity contribution in [1.29, 1.82) is 0 Å². The number of fused-ring (bicyclic) bond motifs is 1. The normalized spacial score (nSPS) is 15.3. The zero-order valence-corrected chi connectivity index (χ0v) is 21.6. The van der Waals surface area contributed by atoms with E-state index in [1.54, 1.807) is 18.3 Å². The molecule has 3 aromatic rings. The van der Waals surface area contributed by atoms with Crippen molar-refractivity contribution in [3.05, 3.63) is 36.5 Å². The first-order valence-electron chi connectivity index (χ1n) is 11.2. The standard InChI is InChI=1S/C23H32N4O4SSi/c1-32(28,29)19-5-6-21-20(16-19)23(25-27(21)17-31-13-14-33(2,3)4)18-7-8-24-22(15-18)26-9-11-30-12-10-26/h5-8,15-16H,9-14,17H2,1-4H3. The van der Waals surface area contributed by atoms with E-state index >= 15 is 0 Å². The molecule has 0 spiro atoms. The number of pyridine rings is 1. The second-order valence-electron chi connectivity index (χ2n) is 9.65. The van der Waals surface area contributed by atoms with E-state index in [2.05, 4.69) is 29.5 Å². The molecule has 1 fully saturated rings. The van der Waals surface area contributed by atoms with Gasteiger partial charge in [0.25, 0.3) is 0 Å². The van der Waals surface area contributed by atoms with Gasteiger partial charge in [-0.1, -0.05) is 19.6 Å². The van der Waals surface area contributed by atoms with Crippen LogP contribution in [0.1, 0.15) is 0 Å². The minimum Gasteiger partial charge on any atom is -0.378 e. The minimum atomic E-state index is -3.34. The minimum absolute atomic E-state index is 0.276. The molecule has 2 aromatic heterocycles. The molecule has 1 aliphatic heterocycles. The molecule has 3 heterocycles. The number of hydrogen-bond donors (Lipinski definition) is 0. The van der Waals surface area contributed by atoms with E-state index < -0.39 is 17.9 Å². The van der Waals surface area contributed by atoms with Crippen molar-refractivity contribution < 1.29 is 17.9 Å². The molecule has 4 rings (SSSR count). The van der Waals surface area contributed by atoms with E-state index in [0.29, 0.717) is 26.6 Å². The number of sulfone groups is 1. The fourth-order valence-electron chi connectivity index (χ4n) is 3.76. The summed E-state index contributed by atoms with van der Waals surface area (Å²) in [5, 5.41) is 5.62. The quantitative estimate of drug-likeness (QED) is 0.353. The summed E-state index contributed by atoms with van der Waals surface area (Å²) in [7, 11) is -4.53. The summed E-state index contributed by atoms with van der Waals surface area (Å²) in [6.45, 7) is 10.9. The van der Waals surface area contributed by atoms with Gasteiger partial charge in [-0.3, -0.25) is 0 Å². The average Bonchev–Trinajstić information content (AvgIpc) is 3.14. The maximum absolute atomic E-state index is 12.2. The molecular formula is C23H32N4O4SSi. The molecule has 0 amide bonds. The Morgan fingerprint density at radius 1 is 1.12 bits per heavy atom. The maximum Gasteiger partial charge on any atom is 0.175 e. The molecule has 178 valence electrons. The van der Waals surface area contributed by atoms with Gasteiger partial charge in [0.1, 0.15) is 18.2 Å². The first-order chi connectivity index (χ1) is 15.6. The molecule has 0 unspecified atom stereocenters. The predicted molar refractivity (Wildman–Crippen MR) is 133 cm³/mol. The number of benzene rings is 1. The van der Waals surface area contributed by atoms with Crippen molar-refractivity contribution in [2.45, 2.75) is 37.3 Å². The van der Waals surface area contributed by atoms with Gasteiger partial charge in [-0.25, -0.2) is 18.1 Å². The topological polar surface area (TPSA) is 86.5 Å². The molecule has 10 heteroatoms. The average molecular weight is 489 g/mol. The molecule has 1 aromatic carbocycles. The molecule has 1 aliphatic rings. The van der Waals surface area contributed by atoms with Crippen LogP contribution in [0, 0.1) is 0 Å². The van der Waals surface area contributed by atoms with E-state index in [1.807, 2.05) is 22.9 Å². The predicted octanol–water partition coefficient (Wildman–Crippen LogP) is 3.65. The van der Waals surface area contributed by atoms with Crippen LogP contribution in [0.5, 0.6) is 0 Å². The van der Waals surface area contributed by atoms with Gasteiger partial charge in [-0.15, -0.1) is 0 Å². The summed E-state index contributed by atoms with van der Waals surface area (Å²) in [6, 6.07) is 10.2. The molecule has 1 saturated heterocycles. The van der Waals surface area contributed by atoms with E-state index in [-0.39, 0.29) is 4.90 Å². The van der Waals surface area contributed by atoms with Crippen molar-refractivity contribution in [2.24, 2.45) is 0 Å². The lowest BCUT2D eigenvalue weighted by Crippen LogP contribution is -2.36. The fraction of sp³-hybridized carbons (Fsp3) is 0.478. The summed E-state index contributed by atoms with van der Waals surface area (Å²) in [6.07, 6.45) is 3.00. The molecule has 0 bridgehead atoms. The van der Waals surface area contributed by atoms with Crippen molar-refractivity contribution >= 4 is 34.6 Å². The Morgan fingerprint density at radius 3 is 2.58 bits per heavy atom. The fourth-order valence-corrected chi connectivity index (χ4v) is 5.16. The lowest BCUT2D eigenvalue weighted by molar-refractivity contribution is 0.0818. The molecule has 0 aliphatic carbocycles. The van der Waals surface area contributed by atoms with Gasteiger partial charge in [0, 0.05) is 51.2 Å². The molecule has 0 N–H and O–H groups in total. The van der Waals surface area contributed by atoms with Crippen LogP contribution in [0.3, 0.4) is 0 Å². The smallest absolute Gasteiger partial charge is 0.175 e. The third-order valence-electron chi connectivity index (χ3n) is 5.71. The van der Waals surface area contributed by atoms with Crippen LogP contribution in [0.15, 0.2) is 41.4 Å². The van der Waals surface area contributed by atoms with E-state index in [4.69, 9.17) is 14.6 Å². The second kappa shape index (κ2) is 9.53. The van der Waals surface area contributed by atoms with Crippen LogP contribution < -0.4 is 4.90 Å². The zero-order chi connectivity index (χ0) is 23.6. The highest BCUT2D eigenvalue weighted by molar-refractivity contribution is 7.90. The van der Waals surface area contributed by atoms with Gasteiger partial charge in [0.15, 0.2) is 9.84 Å². The van der Waals surface area contributed by atoms with Gasteiger partial charge < -0.3 is 14.4 Å². The Morgan fingerprint density at radius 2 is 1.88 bits per heavy atom. The number of morpholine rings is 1. The van der Waals surface area contributed by atoms with Crippen LogP contribution in [0.4, 0.5) is 5.82 Å². The molecule has 0 saturated carbocycles. The summed E-state index contributed by atoms with van der Waals surface area (Å²) >= 11 is 0. The van der Waals surface area contributed by atoms with E-state index in [9.17, 15) is 8.42 Å². The van der Waals surface area contributed by atoms with Gasteiger partial charge in [-0.05, 0) is 36.4 Å². The van der Waals surface area contributed by atoms with E-state index in [0.717, 1.165) is 47.1 Å². The highest BCUT2D eigenvalue weighted by Gasteiger charge is 2.19. The lowest BCUT2D eigenvalue weighted by atomic mass is 10.1. The third kappa shape index (κ3) is 5.81. The Labute approximate surface area is 196 Å². The SMILES string of the molecule is C[Si](C)(C)CCOCn1nc(-c2ccnc(N3CCOCC3)c2)c2cc(S(C)(=O)=O)ccc21. The van der Waals surface area contributed by atoms with Crippen LogP contribution in [-0.2, 0) is 26.0 Å². The van der Waals surface area contributed by atoms with Crippen molar-refractivity contribution in [1.82, 2.24) is 14.8 Å². The number of anilines is 1. The molecule has 8 nitrogen and oxygen atoms in total. The highest BCUT2D eigenvalue weighted by Crippen LogP contribution is 2.31. The Bertz CT molecular complexity index is 1230. The van der Waals surface area contributed by atoms with Gasteiger partial charge in [0.05, 0.1) is 23.6 Å². The monoisotopic (exact) mass is 488 g/mol. The molecule has 0 atom stereocenters. The first kappa shape index (κ1) is 23.9. The lowest BCUT2D eigenvalue weighted by Gasteiger charge is -2.27. The van der Waals surface area contributed by atoms with Gasteiger partial charge in [0.2, 0.25) is 0 Å². The Balaban J connectivity index is 1.71. The van der Waals surface area contributed by atoms with Crippen molar-refractivity contribution in [2.75, 3.05) is 44.1 Å². The summed E-state index contributed by atoms with van der Waals surface area (Å²) in [5.74, 6) is 0.865. The first-order valence-corrected chi connectivity index (χ1v) is 16.8. The Kier molecular flexibility index (Phi) is 6.90. The summed E-state index contributed by atoms with van der Waals surface area (Å²) in [5.41, 5.74) is 2.46. The Hall–Kier alpha value is -2.27. The van der Waals surface area contributed by atoms with Crippen LogP contribution in [0.25, 0.3) is 22.2 Å². The number of aromatic nitrogens is 3. The third-order valence-corrected chi connectivity index (χ3v) is 8.53. The number of ether oxygens (including phenoxy) is 2.